The quantitative estimate of drug-likeness (QED) is 0.582. The number of carbonyl (C=O) groups excluding carboxylic acids is 2. The molecule has 1 fully saturated rings. The van der Waals surface area contributed by atoms with Crippen LogP contribution in [0.25, 0.3) is 0 Å². The number of ether oxygens (including phenoxy) is 1. The summed E-state index contributed by atoms with van der Waals surface area (Å²) in [7, 11) is 0. The van der Waals surface area contributed by atoms with Crippen LogP contribution in [0.5, 0.6) is 0 Å². The first kappa shape index (κ1) is 21.9. The van der Waals surface area contributed by atoms with E-state index in [2.05, 4.69) is 25.6 Å². The fourth-order valence-corrected chi connectivity index (χ4v) is 3.79. The lowest BCUT2D eigenvalue weighted by molar-refractivity contribution is 0.0303. The summed E-state index contributed by atoms with van der Waals surface area (Å²) >= 11 is 12.7. The number of nitrogens with one attached hydrogen (secondary N) is 2. The summed E-state index contributed by atoms with van der Waals surface area (Å²) in [5.74, 6) is 0.316. The van der Waals surface area contributed by atoms with Gasteiger partial charge in [0.15, 0.2) is 0 Å². The van der Waals surface area contributed by atoms with Crippen LogP contribution in [0.3, 0.4) is 0 Å². The van der Waals surface area contributed by atoms with Crippen molar-refractivity contribution in [2.24, 2.45) is 0 Å². The van der Waals surface area contributed by atoms with E-state index >= 15 is 0 Å². The van der Waals surface area contributed by atoms with E-state index in [1.807, 2.05) is 0 Å². The number of hydrogen-bond acceptors (Lipinski definition) is 7. The maximum atomic E-state index is 12.9. The van der Waals surface area contributed by atoms with E-state index in [0.29, 0.717) is 49.2 Å². The molecule has 2 amide bonds. The second-order valence-corrected chi connectivity index (χ2v) is 7.64. The number of hydrogen-bond donors (Lipinski definition) is 2. The van der Waals surface area contributed by atoms with Gasteiger partial charge in [0.1, 0.15) is 18.0 Å². The summed E-state index contributed by atoms with van der Waals surface area (Å²) < 4.78 is 5.27. The van der Waals surface area contributed by atoms with E-state index in [1.165, 1.54) is 24.7 Å². The Labute approximate surface area is 193 Å². The highest BCUT2D eigenvalue weighted by Crippen LogP contribution is 2.29. The van der Waals surface area contributed by atoms with Crippen LogP contribution >= 0.6 is 23.2 Å². The van der Waals surface area contributed by atoms with Gasteiger partial charge in [-0.1, -0.05) is 23.2 Å². The van der Waals surface area contributed by atoms with Crippen LogP contribution in [0.4, 0.5) is 17.3 Å². The van der Waals surface area contributed by atoms with Gasteiger partial charge in [0.05, 0.1) is 28.8 Å². The van der Waals surface area contributed by atoms with Crippen LogP contribution in [0.1, 0.15) is 20.7 Å². The molecule has 2 aromatic heterocycles. The molecule has 0 radical (unpaired) electrons. The minimum Gasteiger partial charge on any atom is -0.378 e. The van der Waals surface area contributed by atoms with Gasteiger partial charge in [-0.3, -0.25) is 9.59 Å². The fraction of sp³-hybridized carbons (Fsp3) is 0.190. The minimum absolute atomic E-state index is 0.0778. The lowest BCUT2D eigenvalue weighted by Gasteiger charge is -2.27. The number of nitrogens with zero attached hydrogens (tertiary/aromatic N) is 4. The molecule has 0 unspecified atom stereocenters. The summed E-state index contributed by atoms with van der Waals surface area (Å²) in [5, 5.41) is 5.93. The Morgan fingerprint density at radius 2 is 1.72 bits per heavy atom. The highest BCUT2D eigenvalue weighted by molar-refractivity contribution is 6.41. The molecule has 164 valence electrons. The number of halogens is 2. The molecule has 32 heavy (non-hydrogen) atoms. The van der Waals surface area contributed by atoms with Gasteiger partial charge in [-0.05, 0) is 24.3 Å². The Kier molecular flexibility index (Phi) is 6.79. The smallest absolute Gasteiger partial charge is 0.258 e. The first-order valence-electron chi connectivity index (χ1n) is 9.68. The summed E-state index contributed by atoms with van der Waals surface area (Å²) in [6, 6.07) is 7.86. The van der Waals surface area contributed by atoms with E-state index in [0.717, 1.165) is 0 Å². The van der Waals surface area contributed by atoms with Gasteiger partial charge in [0, 0.05) is 42.8 Å². The Hall–Kier alpha value is -3.27. The topological polar surface area (TPSA) is 109 Å². The van der Waals surface area contributed by atoms with Crippen molar-refractivity contribution in [1.82, 2.24) is 19.9 Å². The molecule has 4 rings (SSSR count). The average molecular weight is 473 g/mol. The predicted molar refractivity (Wildman–Crippen MR) is 121 cm³/mol. The molecule has 0 aliphatic carbocycles. The first-order valence-corrected chi connectivity index (χ1v) is 10.4. The van der Waals surface area contributed by atoms with Gasteiger partial charge >= 0.3 is 0 Å². The van der Waals surface area contributed by atoms with Crippen molar-refractivity contribution in [3.63, 3.8) is 0 Å². The molecule has 3 heterocycles. The Morgan fingerprint density at radius 1 is 0.969 bits per heavy atom. The number of rotatable bonds is 5. The van der Waals surface area contributed by atoms with Crippen molar-refractivity contribution in [2.75, 3.05) is 36.9 Å². The predicted octanol–water partition coefficient (Wildman–Crippen LogP) is 3.65. The Bertz CT molecular complexity index is 1120. The van der Waals surface area contributed by atoms with Gasteiger partial charge in [-0.15, -0.1) is 0 Å². The van der Waals surface area contributed by atoms with Crippen molar-refractivity contribution < 1.29 is 14.3 Å². The number of amides is 2. The molecule has 9 nitrogen and oxygen atoms in total. The van der Waals surface area contributed by atoms with Gasteiger partial charge < -0.3 is 20.3 Å². The lowest BCUT2D eigenvalue weighted by Crippen LogP contribution is -2.40. The molecule has 0 bridgehead atoms. The van der Waals surface area contributed by atoms with Gasteiger partial charge in [0.2, 0.25) is 0 Å². The molecule has 0 atom stereocenters. The van der Waals surface area contributed by atoms with E-state index < -0.39 is 5.91 Å². The van der Waals surface area contributed by atoms with Crippen molar-refractivity contribution in [1.29, 1.82) is 0 Å². The van der Waals surface area contributed by atoms with Crippen LogP contribution in [0.2, 0.25) is 10.0 Å². The standard InChI is InChI=1S/C21H18Cl2N6O3/c22-15-9-13(21(31)29-5-7-32-8-6-29)10-16(23)19(15)20(30)27-14-1-4-25-18(11-14)28-17-2-3-24-12-26-17/h1-4,9-12H,5-8H2,(H2,24,25,26,27,28,30). The molecule has 1 aliphatic heterocycles. The SMILES string of the molecule is O=C(Nc1ccnc(Nc2ccncn2)c1)c1c(Cl)cc(C(=O)N2CCOCC2)cc1Cl. The van der Waals surface area contributed by atoms with Crippen molar-refractivity contribution >= 4 is 52.3 Å². The molecular formula is C21H18Cl2N6O3. The lowest BCUT2D eigenvalue weighted by atomic mass is 10.1. The van der Waals surface area contributed by atoms with Crippen molar-refractivity contribution in [2.45, 2.75) is 0 Å². The molecule has 2 N–H and O–H groups in total. The fourth-order valence-electron chi connectivity index (χ4n) is 3.13. The molecular weight excluding hydrogens is 455 g/mol. The second-order valence-electron chi connectivity index (χ2n) is 6.82. The van der Waals surface area contributed by atoms with Gasteiger partial charge in [-0.25, -0.2) is 15.0 Å². The number of pyridine rings is 1. The molecule has 0 saturated carbocycles. The first-order chi connectivity index (χ1) is 15.5. The Balaban J connectivity index is 1.50. The highest BCUT2D eigenvalue weighted by atomic mass is 35.5. The van der Waals surface area contributed by atoms with Crippen molar-refractivity contribution in [3.8, 4) is 0 Å². The number of anilines is 3. The molecule has 0 spiro atoms. The molecule has 11 heteroatoms. The highest BCUT2D eigenvalue weighted by Gasteiger charge is 2.23. The van der Waals surface area contributed by atoms with E-state index in [1.54, 1.807) is 29.3 Å². The summed E-state index contributed by atoms with van der Waals surface area (Å²) in [6.45, 7) is 1.94. The second kappa shape index (κ2) is 9.90. The monoisotopic (exact) mass is 472 g/mol. The number of aromatic nitrogens is 3. The third kappa shape index (κ3) is 5.13. The molecule has 3 aromatic rings. The third-order valence-corrected chi connectivity index (χ3v) is 5.27. The van der Waals surface area contributed by atoms with Crippen LogP contribution in [-0.4, -0.2) is 58.0 Å². The summed E-state index contributed by atoms with van der Waals surface area (Å²) in [6.07, 6.45) is 4.54. The molecule has 1 aromatic carbocycles. The van der Waals surface area contributed by atoms with Crippen LogP contribution in [0.15, 0.2) is 49.1 Å². The average Bonchev–Trinajstić information content (AvgIpc) is 2.79. The van der Waals surface area contributed by atoms with Crippen LogP contribution in [0, 0.1) is 0 Å². The molecule has 1 saturated heterocycles. The molecule has 1 aliphatic rings. The maximum Gasteiger partial charge on any atom is 0.258 e. The number of carbonyl (C=O) groups is 2. The maximum absolute atomic E-state index is 12.9. The summed E-state index contributed by atoms with van der Waals surface area (Å²) in [4.78, 5) is 39.3. The van der Waals surface area contributed by atoms with Gasteiger partial charge in [0.25, 0.3) is 11.8 Å². The Morgan fingerprint density at radius 3 is 2.41 bits per heavy atom. The van der Waals surface area contributed by atoms with E-state index in [4.69, 9.17) is 27.9 Å². The zero-order chi connectivity index (χ0) is 22.5. The zero-order valence-corrected chi connectivity index (χ0v) is 18.2. The minimum atomic E-state index is -0.510. The van der Waals surface area contributed by atoms with Crippen LogP contribution in [-0.2, 0) is 4.74 Å². The van der Waals surface area contributed by atoms with Gasteiger partial charge in [-0.2, -0.15) is 0 Å². The third-order valence-electron chi connectivity index (χ3n) is 4.67. The summed E-state index contributed by atoms with van der Waals surface area (Å²) in [5.41, 5.74) is 0.870. The zero-order valence-electron chi connectivity index (χ0n) is 16.7. The van der Waals surface area contributed by atoms with Crippen molar-refractivity contribution in [3.05, 3.63) is 70.2 Å². The normalized spacial score (nSPS) is 13.5. The largest absolute Gasteiger partial charge is 0.378 e. The van der Waals surface area contributed by atoms with E-state index in [9.17, 15) is 9.59 Å². The van der Waals surface area contributed by atoms with Crippen LogP contribution < -0.4 is 10.6 Å². The number of benzene rings is 1. The van der Waals surface area contributed by atoms with E-state index in [-0.39, 0.29) is 21.5 Å². The number of morpholine rings is 1.